The standard InChI is InChI=1S/C16H28BrN3/c1-4-13-7-6-8-16(9-13,11-18)10-14-15(17)12(3)19-20(14)5-2/h13H,4-11,18H2,1-3H3. The third-order valence-electron chi connectivity index (χ3n) is 5.05. The molecule has 1 heterocycles. The molecule has 1 saturated carbocycles. The van der Waals surface area contributed by atoms with Crippen molar-refractivity contribution in [3.8, 4) is 0 Å². The predicted molar refractivity (Wildman–Crippen MR) is 87.8 cm³/mol. The van der Waals surface area contributed by atoms with Gasteiger partial charge in [-0.3, -0.25) is 4.68 Å². The monoisotopic (exact) mass is 341 g/mol. The lowest BCUT2D eigenvalue weighted by Gasteiger charge is -2.40. The molecule has 2 N–H and O–H groups in total. The first-order valence-corrected chi connectivity index (χ1v) is 8.76. The van der Waals surface area contributed by atoms with Crippen LogP contribution in [-0.2, 0) is 13.0 Å². The van der Waals surface area contributed by atoms with E-state index in [9.17, 15) is 0 Å². The van der Waals surface area contributed by atoms with Crippen molar-refractivity contribution in [2.75, 3.05) is 6.54 Å². The van der Waals surface area contributed by atoms with Gasteiger partial charge in [0.05, 0.1) is 15.9 Å². The van der Waals surface area contributed by atoms with Gasteiger partial charge in [-0.25, -0.2) is 0 Å². The summed E-state index contributed by atoms with van der Waals surface area (Å²) < 4.78 is 3.33. The molecule has 1 aliphatic rings. The second kappa shape index (κ2) is 6.61. The van der Waals surface area contributed by atoms with E-state index in [2.05, 4.69) is 46.5 Å². The van der Waals surface area contributed by atoms with Crippen molar-refractivity contribution >= 4 is 15.9 Å². The third-order valence-corrected chi connectivity index (χ3v) is 6.08. The Morgan fingerprint density at radius 2 is 2.20 bits per heavy atom. The second-order valence-electron chi connectivity index (χ2n) is 6.41. The molecule has 2 atom stereocenters. The molecule has 1 fully saturated rings. The maximum Gasteiger partial charge on any atom is 0.0738 e. The van der Waals surface area contributed by atoms with Crippen molar-refractivity contribution < 1.29 is 0 Å². The minimum absolute atomic E-state index is 0.279. The summed E-state index contributed by atoms with van der Waals surface area (Å²) in [4.78, 5) is 0. The van der Waals surface area contributed by atoms with Gasteiger partial charge in [-0.05, 0) is 66.9 Å². The van der Waals surface area contributed by atoms with Crippen molar-refractivity contribution in [1.82, 2.24) is 9.78 Å². The van der Waals surface area contributed by atoms with Crippen LogP contribution in [0.1, 0.15) is 57.3 Å². The fourth-order valence-corrected chi connectivity index (χ4v) is 4.17. The quantitative estimate of drug-likeness (QED) is 0.877. The molecule has 0 saturated heterocycles. The minimum atomic E-state index is 0.279. The lowest BCUT2D eigenvalue weighted by Crippen LogP contribution is -2.38. The van der Waals surface area contributed by atoms with Gasteiger partial charge in [0.2, 0.25) is 0 Å². The molecular formula is C16H28BrN3. The highest BCUT2D eigenvalue weighted by Crippen LogP contribution is 2.43. The van der Waals surface area contributed by atoms with Crippen molar-refractivity contribution in [3.05, 3.63) is 15.9 Å². The third kappa shape index (κ3) is 3.11. The molecule has 20 heavy (non-hydrogen) atoms. The molecule has 0 radical (unpaired) electrons. The Bertz CT molecular complexity index is 455. The van der Waals surface area contributed by atoms with Gasteiger partial charge < -0.3 is 5.73 Å². The summed E-state index contributed by atoms with van der Waals surface area (Å²) in [6, 6.07) is 0. The Morgan fingerprint density at radius 1 is 1.45 bits per heavy atom. The molecule has 114 valence electrons. The number of aromatic nitrogens is 2. The van der Waals surface area contributed by atoms with Crippen LogP contribution in [0.3, 0.4) is 0 Å². The molecule has 0 bridgehead atoms. The number of nitrogens with two attached hydrogens (primary N) is 1. The fraction of sp³-hybridized carbons (Fsp3) is 0.812. The topological polar surface area (TPSA) is 43.8 Å². The fourth-order valence-electron chi connectivity index (χ4n) is 3.74. The molecule has 0 aliphatic heterocycles. The van der Waals surface area contributed by atoms with Gasteiger partial charge in [0.1, 0.15) is 0 Å². The van der Waals surface area contributed by atoms with Crippen LogP contribution < -0.4 is 5.73 Å². The first-order valence-electron chi connectivity index (χ1n) is 7.97. The lowest BCUT2D eigenvalue weighted by molar-refractivity contribution is 0.139. The Labute approximate surface area is 131 Å². The van der Waals surface area contributed by atoms with E-state index in [4.69, 9.17) is 5.73 Å². The molecule has 0 aromatic carbocycles. The van der Waals surface area contributed by atoms with E-state index >= 15 is 0 Å². The first kappa shape index (κ1) is 16.0. The molecule has 4 heteroatoms. The zero-order chi connectivity index (χ0) is 14.8. The van der Waals surface area contributed by atoms with Crippen molar-refractivity contribution in [2.45, 2.75) is 65.8 Å². The largest absolute Gasteiger partial charge is 0.330 e. The summed E-state index contributed by atoms with van der Waals surface area (Å²) >= 11 is 3.73. The van der Waals surface area contributed by atoms with Crippen LogP contribution in [0.5, 0.6) is 0 Å². The Hall–Kier alpha value is -0.350. The highest BCUT2D eigenvalue weighted by atomic mass is 79.9. The minimum Gasteiger partial charge on any atom is -0.330 e. The van der Waals surface area contributed by atoms with Crippen LogP contribution in [0, 0.1) is 18.3 Å². The maximum absolute atomic E-state index is 6.21. The molecule has 3 nitrogen and oxygen atoms in total. The maximum atomic E-state index is 6.21. The number of halogens is 1. The van der Waals surface area contributed by atoms with Crippen LogP contribution in [0.2, 0.25) is 0 Å². The van der Waals surface area contributed by atoms with Gasteiger partial charge in [0, 0.05) is 6.54 Å². The van der Waals surface area contributed by atoms with E-state index in [-0.39, 0.29) is 5.41 Å². The Kier molecular flexibility index (Phi) is 5.30. The smallest absolute Gasteiger partial charge is 0.0738 e. The molecular weight excluding hydrogens is 314 g/mol. The van der Waals surface area contributed by atoms with Gasteiger partial charge in [-0.2, -0.15) is 5.10 Å². The molecule has 0 amide bonds. The first-order chi connectivity index (χ1) is 9.55. The van der Waals surface area contributed by atoms with Crippen LogP contribution in [0.4, 0.5) is 0 Å². The summed E-state index contributed by atoms with van der Waals surface area (Å²) in [7, 11) is 0. The zero-order valence-corrected chi connectivity index (χ0v) is 14.7. The summed E-state index contributed by atoms with van der Waals surface area (Å²) in [5.41, 5.74) is 8.92. The molecule has 1 aliphatic carbocycles. The summed E-state index contributed by atoms with van der Waals surface area (Å²) in [6.45, 7) is 8.27. The summed E-state index contributed by atoms with van der Waals surface area (Å²) in [5, 5.41) is 4.63. The number of rotatable bonds is 5. The van der Waals surface area contributed by atoms with E-state index in [0.717, 1.165) is 31.1 Å². The van der Waals surface area contributed by atoms with Gasteiger partial charge >= 0.3 is 0 Å². The Morgan fingerprint density at radius 3 is 2.80 bits per heavy atom. The predicted octanol–water partition coefficient (Wildman–Crippen LogP) is 4.06. The average Bonchev–Trinajstić information content (AvgIpc) is 2.75. The van der Waals surface area contributed by atoms with E-state index in [1.54, 1.807) is 0 Å². The van der Waals surface area contributed by atoms with Crippen LogP contribution >= 0.6 is 15.9 Å². The van der Waals surface area contributed by atoms with Gasteiger partial charge in [-0.1, -0.05) is 26.2 Å². The van der Waals surface area contributed by atoms with Crippen molar-refractivity contribution in [2.24, 2.45) is 17.1 Å². The summed E-state index contributed by atoms with van der Waals surface area (Å²) in [6.07, 6.45) is 7.60. The molecule has 1 aromatic heterocycles. The molecule has 0 spiro atoms. The highest BCUT2D eigenvalue weighted by Gasteiger charge is 2.36. The van der Waals surface area contributed by atoms with E-state index in [1.807, 2.05) is 0 Å². The summed E-state index contributed by atoms with van der Waals surface area (Å²) in [5.74, 6) is 0.852. The number of hydrogen-bond acceptors (Lipinski definition) is 2. The van der Waals surface area contributed by atoms with E-state index in [1.165, 1.54) is 42.3 Å². The van der Waals surface area contributed by atoms with Crippen LogP contribution in [0.25, 0.3) is 0 Å². The Balaban J connectivity index is 2.25. The zero-order valence-electron chi connectivity index (χ0n) is 13.1. The van der Waals surface area contributed by atoms with Gasteiger partial charge in [-0.15, -0.1) is 0 Å². The molecule has 2 rings (SSSR count). The lowest BCUT2D eigenvalue weighted by atomic mass is 9.66. The van der Waals surface area contributed by atoms with Crippen molar-refractivity contribution in [3.63, 3.8) is 0 Å². The molecule has 2 unspecified atom stereocenters. The second-order valence-corrected chi connectivity index (χ2v) is 7.21. The number of hydrogen-bond donors (Lipinski definition) is 1. The normalized spacial score (nSPS) is 26.9. The molecule has 1 aromatic rings. The van der Waals surface area contributed by atoms with Gasteiger partial charge in [0.15, 0.2) is 0 Å². The van der Waals surface area contributed by atoms with E-state index < -0.39 is 0 Å². The number of aryl methyl sites for hydroxylation is 2. The van der Waals surface area contributed by atoms with Crippen molar-refractivity contribution in [1.29, 1.82) is 0 Å². The number of nitrogens with zero attached hydrogens (tertiary/aromatic N) is 2. The van der Waals surface area contributed by atoms with Gasteiger partial charge in [0.25, 0.3) is 0 Å². The van der Waals surface area contributed by atoms with Crippen LogP contribution in [-0.4, -0.2) is 16.3 Å². The van der Waals surface area contributed by atoms with E-state index in [0.29, 0.717) is 0 Å². The average molecular weight is 342 g/mol. The highest BCUT2D eigenvalue weighted by molar-refractivity contribution is 9.10. The SMILES string of the molecule is CCC1CCCC(CN)(Cc2c(Br)c(C)nn2CC)C1. The van der Waals surface area contributed by atoms with Crippen LogP contribution in [0.15, 0.2) is 4.47 Å².